The lowest BCUT2D eigenvalue weighted by Crippen LogP contribution is -2.48. The van der Waals surface area contributed by atoms with Crippen molar-refractivity contribution < 1.29 is 27.1 Å². The number of carbonyl (C=O) groups is 1. The molecule has 0 aliphatic heterocycles. The third-order valence-corrected chi connectivity index (χ3v) is 7.63. The number of nitrogens with one attached hydrogen (secondary N) is 2. The van der Waals surface area contributed by atoms with Gasteiger partial charge in [-0.3, -0.25) is 4.79 Å². The molecule has 6 nitrogen and oxygen atoms in total. The van der Waals surface area contributed by atoms with E-state index in [1.165, 1.54) is 11.6 Å². The maximum atomic E-state index is 13.7. The molecular formula is C26H30F2N2O4S2. The number of amides is 1. The van der Waals surface area contributed by atoms with Crippen LogP contribution in [-0.4, -0.2) is 44.4 Å². The molecule has 0 bridgehead atoms. The van der Waals surface area contributed by atoms with Crippen molar-refractivity contribution in [2.75, 3.05) is 12.8 Å². The Balaban J connectivity index is 1.71. The fraction of sp³-hybridized carbons (Fsp3) is 0.346. The molecule has 0 aliphatic carbocycles. The molecule has 0 saturated heterocycles. The Morgan fingerprint density at radius 1 is 1.03 bits per heavy atom. The number of hydrogen-bond acceptors (Lipinski definition) is 6. The zero-order valence-electron chi connectivity index (χ0n) is 20.1. The van der Waals surface area contributed by atoms with Gasteiger partial charge < -0.3 is 15.7 Å². The van der Waals surface area contributed by atoms with Crippen molar-refractivity contribution in [2.45, 2.75) is 44.2 Å². The molecule has 1 amide bonds. The molecule has 0 saturated carbocycles. The Morgan fingerprint density at radius 3 is 2.39 bits per heavy atom. The van der Waals surface area contributed by atoms with E-state index in [4.69, 9.17) is 0 Å². The second kappa shape index (κ2) is 12.5. The highest BCUT2D eigenvalue weighted by Gasteiger charge is 2.24. The molecule has 3 N–H and O–H groups in total. The fourth-order valence-corrected chi connectivity index (χ4v) is 6.00. The van der Waals surface area contributed by atoms with Gasteiger partial charge in [0.05, 0.1) is 22.8 Å². The van der Waals surface area contributed by atoms with Gasteiger partial charge in [-0.1, -0.05) is 31.2 Å². The summed E-state index contributed by atoms with van der Waals surface area (Å²) < 4.78 is 50.6. The molecule has 10 heteroatoms. The van der Waals surface area contributed by atoms with Crippen molar-refractivity contribution >= 4 is 27.1 Å². The van der Waals surface area contributed by atoms with Crippen LogP contribution in [0.15, 0.2) is 54.6 Å². The van der Waals surface area contributed by atoms with E-state index in [0.717, 1.165) is 47.8 Å². The molecule has 2 atom stereocenters. The van der Waals surface area contributed by atoms with Gasteiger partial charge in [0.25, 0.3) is 5.91 Å². The maximum absolute atomic E-state index is 13.7. The summed E-state index contributed by atoms with van der Waals surface area (Å²) in [4.78, 5) is 13.7. The Labute approximate surface area is 214 Å². The van der Waals surface area contributed by atoms with Crippen LogP contribution in [0.3, 0.4) is 0 Å². The van der Waals surface area contributed by atoms with Crippen molar-refractivity contribution in [3.05, 3.63) is 92.7 Å². The highest BCUT2D eigenvalue weighted by molar-refractivity contribution is 7.90. The van der Waals surface area contributed by atoms with Gasteiger partial charge >= 0.3 is 0 Å². The molecule has 194 valence electrons. The van der Waals surface area contributed by atoms with Gasteiger partial charge in [0.15, 0.2) is 9.84 Å². The highest BCUT2D eigenvalue weighted by Crippen LogP contribution is 2.20. The van der Waals surface area contributed by atoms with Crippen LogP contribution in [-0.2, 0) is 35.0 Å². The molecule has 36 heavy (non-hydrogen) atoms. The van der Waals surface area contributed by atoms with E-state index in [1.54, 1.807) is 6.07 Å². The van der Waals surface area contributed by atoms with Gasteiger partial charge in [0.2, 0.25) is 0 Å². The summed E-state index contributed by atoms with van der Waals surface area (Å²) >= 11 is 1.04. The number of carbonyl (C=O) groups excluding carboxylic acids is 1. The Hall–Kier alpha value is -2.66. The molecule has 3 rings (SSSR count). The zero-order valence-corrected chi connectivity index (χ0v) is 21.8. The molecule has 2 aromatic carbocycles. The molecule has 1 aromatic heterocycles. The quantitative estimate of drug-likeness (QED) is 0.329. The number of thiophene rings is 1. The number of aliphatic hydroxyl groups is 1. The predicted molar refractivity (Wildman–Crippen MR) is 138 cm³/mol. The average Bonchev–Trinajstić information content (AvgIpc) is 3.25. The number of aliphatic hydroxyl groups excluding tert-OH is 1. The molecule has 3 aromatic rings. The first-order valence-electron chi connectivity index (χ1n) is 11.5. The third kappa shape index (κ3) is 8.77. The Kier molecular flexibility index (Phi) is 9.72. The number of aryl methyl sites for hydroxylation is 1. The summed E-state index contributed by atoms with van der Waals surface area (Å²) in [5, 5.41) is 16.8. The second-order valence-corrected chi connectivity index (χ2v) is 12.1. The van der Waals surface area contributed by atoms with Crippen molar-refractivity contribution in [3.8, 4) is 0 Å². The summed E-state index contributed by atoms with van der Waals surface area (Å²) in [7, 11) is -3.25. The van der Waals surface area contributed by atoms with E-state index in [-0.39, 0.29) is 29.2 Å². The van der Waals surface area contributed by atoms with E-state index in [1.807, 2.05) is 18.2 Å². The average molecular weight is 537 g/mol. The van der Waals surface area contributed by atoms with E-state index in [2.05, 4.69) is 23.6 Å². The minimum Gasteiger partial charge on any atom is -0.390 e. The lowest BCUT2D eigenvalue weighted by Gasteiger charge is -2.25. The largest absolute Gasteiger partial charge is 0.390 e. The maximum Gasteiger partial charge on any atom is 0.261 e. The van der Waals surface area contributed by atoms with Crippen LogP contribution in [0.2, 0.25) is 0 Å². The van der Waals surface area contributed by atoms with Gasteiger partial charge in [-0.05, 0) is 53.8 Å². The molecule has 0 fully saturated rings. The Morgan fingerprint density at radius 2 is 1.72 bits per heavy atom. The number of rotatable bonds is 12. The van der Waals surface area contributed by atoms with Crippen molar-refractivity contribution in [2.24, 2.45) is 0 Å². The standard InChI is InChI=1S/C26H30F2N2O4S2/c1-3-17-5-4-6-18(9-17)14-29-15-24(31)23(12-19-10-20(27)13-21(28)11-19)30-26(32)25-8-7-22(35-25)16-36(2,33)34/h4-11,13,23-24,29,31H,3,12,14-16H2,1-2H3,(H,30,32)/t23-,24-/m0/s1. The lowest BCUT2D eigenvalue weighted by molar-refractivity contribution is 0.0833. The van der Waals surface area contributed by atoms with Gasteiger partial charge in [-0.25, -0.2) is 17.2 Å². The molecule has 0 spiro atoms. The van der Waals surface area contributed by atoms with Crippen LogP contribution in [0.25, 0.3) is 0 Å². The highest BCUT2D eigenvalue weighted by atomic mass is 32.2. The van der Waals surface area contributed by atoms with Gasteiger partial charge in [0, 0.05) is 30.3 Å². The van der Waals surface area contributed by atoms with Gasteiger partial charge in [-0.15, -0.1) is 11.3 Å². The zero-order chi connectivity index (χ0) is 26.3. The number of halogens is 2. The molecular weight excluding hydrogens is 506 g/mol. The first-order chi connectivity index (χ1) is 17.0. The summed E-state index contributed by atoms with van der Waals surface area (Å²) in [5.74, 6) is -2.18. The second-order valence-electron chi connectivity index (χ2n) is 8.77. The Bertz CT molecular complexity index is 1270. The first kappa shape index (κ1) is 27.9. The van der Waals surface area contributed by atoms with Crippen molar-refractivity contribution in [1.29, 1.82) is 0 Å². The summed E-state index contributed by atoms with van der Waals surface area (Å²) in [5.41, 5.74) is 2.53. The molecule has 1 heterocycles. The SMILES string of the molecule is CCc1cccc(CNC[C@H](O)[C@H](Cc2cc(F)cc(F)c2)NC(=O)c2ccc(CS(C)(=O)=O)s2)c1. The lowest BCUT2D eigenvalue weighted by atomic mass is 10.0. The monoisotopic (exact) mass is 536 g/mol. The van der Waals surface area contributed by atoms with Crippen LogP contribution in [0, 0.1) is 11.6 Å². The topological polar surface area (TPSA) is 95.5 Å². The first-order valence-corrected chi connectivity index (χ1v) is 14.4. The van der Waals surface area contributed by atoms with Crippen LogP contribution >= 0.6 is 11.3 Å². The van der Waals surface area contributed by atoms with Crippen molar-refractivity contribution in [3.63, 3.8) is 0 Å². The van der Waals surface area contributed by atoms with E-state index in [9.17, 15) is 27.1 Å². The van der Waals surface area contributed by atoms with E-state index >= 15 is 0 Å². The predicted octanol–water partition coefficient (Wildman–Crippen LogP) is 3.63. The van der Waals surface area contributed by atoms with Crippen LogP contribution in [0.5, 0.6) is 0 Å². The smallest absolute Gasteiger partial charge is 0.261 e. The summed E-state index contributed by atoms with van der Waals surface area (Å²) in [6, 6.07) is 13.4. The van der Waals surface area contributed by atoms with E-state index < -0.39 is 39.5 Å². The molecule has 0 unspecified atom stereocenters. The number of hydrogen-bond donors (Lipinski definition) is 3. The summed E-state index contributed by atoms with van der Waals surface area (Å²) in [6.45, 7) is 2.69. The van der Waals surface area contributed by atoms with Crippen LogP contribution in [0.1, 0.15) is 38.2 Å². The number of benzene rings is 2. The summed E-state index contributed by atoms with van der Waals surface area (Å²) in [6.07, 6.45) is 0.951. The third-order valence-electron chi connectivity index (χ3n) is 5.53. The van der Waals surface area contributed by atoms with Gasteiger partial charge in [0.1, 0.15) is 11.6 Å². The molecule has 0 aliphatic rings. The van der Waals surface area contributed by atoms with Crippen molar-refractivity contribution in [1.82, 2.24) is 10.6 Å². The minimum atomic E-state index is -3.25. The van der Waals surface area contributed by atoms with Crippen LogP contribution < -0.4 is 10.6 Å². The molecule has 0 radical (unpaired) electrons. The van der Waals surface area contributed by atoms with E-state index in [0.29, 0.717) is 11.4 Å². The van der Waals surface area contributed by atoms with Crippen LogP contribution in [0.4, 0.5) is 8.78 Å². The van der Waals surface area contributed by atoms with Gasteiger partial charge in [-0.2, -0.15) is 0 Å². The minimum absolute atomic E-state index is 0.00381. The number of sulfone groups is 1. The normalized spacial score (nSPS) is 13.4. The fourth-order valence-electron chi connectivity index (χ4n) is 3.81.